The third-order valence-corrected chi connectivity index (χ3v) is 4.49. The van der Waals surface area contributed by atoms with Crippen LogP contribution in [0, 0.1) is 0 Å². The Morgan fingerprint density at radius 1 is 1.33 bits per heavy atom. The van der Waals surface area contributed by atoms with Crippen LogP contribution in [0.1, 0.15) is 20.3 Å². The molecule has 0 bridgehead atoms. The molecule has 1 saturated heterocycles. The molecule has 4 heteroatoms. The monoisotopic (exact) mass is 192 g/mol. The molecule has 0 aliphatic carbocycles. The largest absolute Gasteiger partial charge is 0.332 e. The third kappa shape index (κ3) is 2.20. The van der Waals surface area contributed by atoms with Crippen molar-refractivity contribution in [2.75, 3.05) is 24.6 Å². The maximum atomic E-state index is 11.2. The summed E-state index contributed by atoms with van der Waals surface area (Å²) in [6, 6.07) is 0.366. The molecule has 1 fully saturated rings. The van der Waals surface area contributed by atoms with Crippen LogP contribution in [0.5, 0.6) is 0 Å². The molecule has 1 heterocycles. The number of sulfone groups is 1. The lowest BCUT2D eigenvalue weighted by molar-refractivity contribution is -0.918. The summed E-state index contributed by atoms with van der Waals surface area (Å²) in [6.07, 6.45) is 0.860. The van der Waals surface area contributed by atoms with Crippen LogP contribution in [-0.4, -0.2) is 39.1 Å². The average Bonchev–Trinajstić information content (AvgIpc) is 2.34. The van der Waals surface area contributed by atoms with Gasteiger partial charge in [0.15, 0.2) is 9.84 Å². The van der Waals surface area contributed by atoms with Gasteiger partial charge < -0.3 is 4.90 Å². The molecule has 0 saturated carbocycles. The van der Waals surface area contributed by atoms with Crippen molar-refractivity contribution in [2.45, 2.75) is 26.3 Å². The van der Waals surface area contributed by atoms with E-state index in [9.17, 15) is 8.42 Å². The van der Waals surface area contributed by atoms with Crippen molar-refractivity contribution in [3.8, 4) is 0 Å². The topological polar surface area (TPSA) is 38.6 Å². The molecule has 0 amide bonds. The number of rotatable bonds is 3. The van der Waals surface area contributed by atoms with Crippen molar-refractivity contribution < 1.29 is 13.3 Å². The van der Waals surface area contributed by atoms with Crippen LogP contribution in [-0.2, 0) is 9.84 Å². The van der Waals surface area contributed by atoms with Gasteiger partial charge in [0.05, 0.1) is 18.8 Å². The molecule has 1 atom stereocenters. The van der Waals surface area contributed by atoms with Crippen LogP contribution in [0.2, 0.25) is 0 Å². The van der Waals surface area contributed by atoms with Crippen LogP contribution in [0.25, 0.3) is 0 Å². The fraction of sp³-hybridized carbons (Fsp3) is 1.00. The Bertz CT molecular complexity index is 231. The minimum Gasteiger partial charge on any atom is -0.332 e. The third-order valence-electron chi connectivity index (χ3n) is 2.72. The van der Waals surface area contributed by atoms with Gasteiger partial charge in [-0.05, 0) is 13.8 Å². The molecule has 0 unspecified atom stereocenters. The lowest BCUT2D eigenvalue weighted by atomic mass is 10.2. The second kappa shape index (κ2) is 3.75. The highest BCUT2D eigenvalue weighted by atomic mass is 32.2. The van der Waals surface area contributed by atoms with Crippen molar-refractivity contribution >= 4 is 9.84 Å². The minimum atomic E-state index is -2.68. The van der Waals surface area contributed by atoms with Crippen molar-refractivity contribution in [1.82, 2.24) is 0 Å². The van der Waals surface area contributed by atoms with E-state index in [1.807, 2.05) is 0 Å². The van der Waals surface area contributed by atoms with Gasteiger partial charge in [0.2, 0.25) is 0 Å². The van der Waals surface area contributed by atoms with Crippen LogP contribution in [0.15, 0.2) is 0 Å². The first-order valence-electron chi connectivity index (χ1n) is 4.64. The predicted molar refractivity (Wildman–Crippen MR) is 49.1 cm³/mol. The second-order valence-corrected chi connectivity index (χ2v) is 5.69. The van der Waals surface area contributed by atoms with Crippen molar-refractivity contribution in [1.29, 1.82) is 0 Å². The van der Waals surface area contributed by atoms with Gasteiger partial charge in [-0.15, -0.1) is 0 Å². The van der Waals surface area contributed by atoms with E-state index >= 15 is 0 Å². The molecular formula is C8H18NO2S+. The van der Waals surface area contributed by atoms with Gasteiger partial charge in [-0.3, -0.25) is 0 Å². The molecule has 1 aliphatic rings. The first-order chi connectivity index (χ1) is 5.59. The van der Waals surface area contributed by atoms with Gasteiger partial charge in [0, 0.05) is 6.42 Å². The van der Waals surface area contributed by atoms with Crippen LogP contribution >= 0.6 is 0 Å². The van der Waals surface area contributed by atoms with Crippen molar-refractivity contribution in [3.05, 3.63) is 0 Å². The zero-order chi connectivity index (χ0) is 9.19. The van der Waals surface area contributed by atoms with E-state index in [0.717, 1.165) is 19.5 Å². The highest BCUT2D eigenvalue weighted by Crippen LogP contribution is 2.08. The highest BCUT2D eigenvalue weighted by molar-refractivity contribution is 7.91. The molecule has 0 aromatic carbocycles. The molecule has 0 radical (unpaired) electrons. The normalized spacial score (nSPS) is 28.1. The van der Waals surface area contributed by atoms with Crippen LogP contribution in [0.3, 0.4) is 0 Å². The van der Waals surface area contributed by atoms with Crippen LogP contribution < -0.4 is 4.90 Å². The minimum absolute atomic E-state index is 0.366. The average molecular weight is 192 g/mol. The highest BCUT2D eigenvalue weighted by Gasteiger charge is 2.33. The Balaban J connectivity index is 2.56. The quantitative estimate of drug-likeness (QED) is 0.629. The number of hydrogen-bond acceptors (Lipinski definition) is 2. The first-order valence-corrected chi connectivity index (χ1v) is 6.46. The SMILES string of the molecule is CC[NH+](CC)[C@H]1CCS(=O)(=O)C1. The summed E-state index contributed by atoms with van der Waals surface area (Å²) in [5, 5.41) is 0. The smallest absolute Gasteiger partial charge is 0.156 e. The van der Waals surface area contributed by atoms with Gasteiger partial charge >= 0.3 is 0 Å². The molecule has 72 valence electrons. The summed E-state index contributed by atoms with van der Waals surface area (Å²) < 4.78 is 22.3. The predicted octanol–water partition coefficient (Wildman–Crippen LogP) is -0.902. The molecular weight excluding hydrogens is 174 g/mol. The fourth-order valence-electron chi connectivity index (χ4n) is 1.94. The van der Waals surface area contributed by atoms with Gasteiger partial charge in [0.25, 0.3) is 0 Å². The van der Waals surface area contributed by atoms with E-state index in [2.05, 4.69) is 13.8 Å². The lowest BCUT2D eigenvalue weighted by Gasteiger charge is -2.21. The Morgan fingerprint density at radius 3 is 2.25 bits per heavy atom. The van der Waals surface area contributed by atoms with E-state index in [1.54, 1.807) is 0 Å². The number of quaternary nitrogens is 1. The molecule has 0 aromatic rings. The molecule has 3 nitrogen and oxygen atoms in total. The van der Waals surface area contributed by atoms with Crippen LogP contribution in [0.4, 0.5) is 0 Å². The number of hydrogen-bond donors (Lipinski definition) is 1. The zero-order valence-corrected chi connectivity index (χ0v) is 8.65. The maximum Gasteiger partial charge on any atom is 0.156 e. The Kier molecular flexibility index (Phi) is 3.12. The summed E-state index contributed by atoms with van der Waals surface area (Å²) in [5.74, 6) is 0.811. The maximum absolute atomic E-state index is 11.2. The Hall–Kier alpha value is -0.0900. The summed E-state index contributed by atoms with van der Waals surface area (Å²) in [5.41, 5.74) is 0. The Morgan fingerprint density at radius 2 is 1.92 bits per heavy atom. The standard InChI is InChI=1S/C8H17NO2S/c1-3-9(4-2)8-5-6-12(10,11)7-8/h8H,3-7H2,1-2H3/p+1/t8-/m0/s1. The summed E-state index contributed by atoms with van der Waals surface area (Å²) in [6.45, 7) is 6.31. The zero-order valence-electron chi connectivity index (χ0n) is 7.84. The second-order valence-electron chi connectivity index (χ2n) is 3.47. The van der Waals surface area contributed by atoms with E-state index in [1.165, 1.54) is 4.90 Å². The molecule has 12 heavy (non-hydrogen) atoms. The molecule has 0 aromatic heterocycles. The van der Waals surface area contributed by atoms with E-state index in [-0.39, 0.29) is 0 Å². The molecule has 1 rings (SSSR count). The molecule has 1 N–H and O–H groups in total. The number of nitrogens with one attached hydrogen (secondary N) is 1. The van der Waals surface area contributed by atoms with Gasteiger partial charge in [0.1, 0.15) is 11.8 Å². The first kappa shape index (κ1) is 9.99. The van der Waals surface area contributed by atoms with E-state index < -0.39 is 9.84 Å². The summed E-state index contributed by atoms with van der Waals surface area (Å²) in [4.78, 5) is 1.43. The van der Waals surface area contributed by atoms with E-state index in [0.29, 0.717) is 17.5 Å². The van der Waals surface area contributed by atoms with Gasteiger partial charge in [-0.25, -0.2) is 8.42 Å². The molecule has 0 spiro atoms. The summed E-state index contributed by atoms with van der Waals surface area (Å²) in [7, 11) is -2.68. The van der Waals surface area contributed by atoms with Gasteiger partial charge in [-0.1, -0.05) is 0 Å². The lowest BCUT2D eigenvalue weighted by Crippen LogP contribution is -3.15. The van der Waals surface area contributed by atoms with Gasteiger partial charge in [-0.2, -0.15) is 0 Å². The van der Waals surface area contributed by atoms with Crippen molar-refractivity contribution in [2.24, 2.45) is 0 Å². The van der Waals surface area contributed by atoms with E-state index in [4.69, 9.17) is 0 Å². The Labute approximate surface area is 74.7 Å². The van der Waals surface area contributed by atoms with Crippen molar-refractivity contribution in [3.63, 3.8) is 0 Å². The summed E-state index contributed by atoms with van der Waals surface area (Å²) >= 11 is 0. The molecule has 1 aliphatic heterocycles. The fourth-order valence-corrected chi connectivity index (χ4v) is 3.77.